The Bertz CT molecular complexity index is 499. The van der Waals surface area contributed by atoms with Gasteiger partial charge < -0.3 is 15.4 Å². The van der Waals surface area contributed by atoms with Crippen molar-refractivity contribution in [3.05, 3.63) is 29.8 Å². The third kappa shape index (κ3) is 4.29. The minimum absolute atomic E-state index is 0.0227. The Morgan fingerprint density at radius 3 is 2.67 bits per heavy atom. The molecule has 2 atom stereocenters. The van der Waals surface area contributed by atoms with E-state index in [4.69, 9.17) is 4.74 Å². The van der Waals surface area contributed by atoms with Crippen LogP contribution in [-0.4, -0.2) is 31.1 Å². The van der Waals surface area contributed by atoms with Crippen molar-refractivity contribution in [3.8, 4) is 0 Å². The molecule has 0 aliphatic carbocycles. The second-order valence-corrected chi connectivity index (χ2v) is 5.42. The number of rotatable bonds is 4. The molecule has 21 heavy (non-hydrogen) atoms. The smallest absolute Gasteiger partial charge is 0.338 e. The van der Waals surface area contributed by atoms with Gasteiger partial charge in [0.15, 0.2) is 0 Å². The number of hydrogen-bond donors (Lipinski definition) is 2. The molecule has 1 aromatic rings. The van der Waals surface area contributed by atoms with Crippen molar-refractivity contribution in [1.29, 1.82) is 0 Å². The number of amides is 1. The minimum atomic E-state index is -0.349. The molecule has 0 aromatic heterocycles. The summed E-state index contributed by atoms with van der Waals surface area (Å²) < 4.78 is 4.92. The zero-order chi connectivity index (χ0) is 15.2. The maximum atomic E-state index is 12.2. The predicted molar refractivity (Wildman–Crippen MR) is 81.2 cm³/mol. The van der Waals surface area contributed by atoms with Crippen LogP contribution >= 0.6 is 0 Å². The number of ether oxygens (including phenoxy) is 1. The zero-order valence-corrected chi connectivity index (χ0v) is 12.5. The third-order valence-electron chi connectivity index (χ3n) is 3.65. The lowest BCUT2D eigenvalue weighted by Gasteiger charge is -2.27. The summed E-state index contributed by atoms with van der Waals surface area (Å²) in [5, 5.41) is 6.11. The van der Waals surface area contributed by atoms with E-state index in [1.807, 2.05) is 0 Å². The topological polar surface area (TPSA) is 67.4 Å². The maximum Gasteiger partial charge on any atom is 0.338 e. The summed E-state index contributed by atoms with van der Waals surface area (Å²) in [6.45, 7) is 5.16. The Hall–Kier alpha value is -1.88. The summed E-state index contributed by atoms with van der Waals surface area (Å²) in [5.74, 6) is 0.191. The van der Waals surface area contributed by atoms with Crippen LogP contribution in [0.25, 0.3) is 0 Å². The van der Waals surface area contributed by atoms with Gasteiger partial charge in [0.2, 0.25) is 5.91 Å². The lowest BCUT2D eigenvalue weighted by molar-refractivity contribution is -0.119. The standard InChI is InChI=1S/C16H22N2O3/c1-3-21-16(20)12-4-6-13(7-5-12)18-15(19)14-10-11(2)8-9-17-14/h4-7,11,14,17H,3,8-10H2,1-2H3,(H,18,19). The number of anilines is 1. The van der Waals surface area contributed by atoms with Crippen LogP contribution in [-0.2, 0) is 9.53 Å². The first-order valence-corrected chi connectivity index (χ1v) is 7.41. The normalized spacial score (nSPS) is 21.6. The predicted octanol–water partition coefficient (Wildman–Crippen LogP) is 2.19. The van der Waals surface area contributed by atoms with E-state index in [1.165, 1.54) is 0 Å². The molecule has 0 bridgehead atoms. The van der Waals surface area contributed by atoms with Gasteiger partial charge in [0, 0.05) is 5.69 Å². The van der Waals surface area contributed by atoms with Gasteiger partial charge in [-0.05, 0) is 56.5 Å². The number of esters is 1. The number of hydrogen-bond acceptors (Lipinski definition) is 4. The SMILES string of the molecule is CCOC(=O)c1ccc(NC(=O)C2CC(C)CCN2)cc1. The number of piperidine rings is 1. The molecule has 5 nitrogen and oxygen atoms in total. The quantitative estimate of drug-likeness (QED) is 0.834. The molecule has 0 radical (unpaired) electrons. The highest BCUT2D eigenvalue weighted by Gasteiger charge is 2.24. The van der Waals surface area contributed by atoms with Crippen molar-refractivity contribution >= 4 is 17.6 Å². The lowest BCUT2D eigenvalue weighted by Crippen LogP contribution is -2.45. The van der Waals surface area contributed by atoms with Gasteiger partial charge in [0.1, 0.15) is 0 Å². The van der Waals surface area contributed by atoms with Gasteiger partial charge in [-0.2, -0.15) is 0 Å². The summed E-state index contributed by atoms with van der Waals surface area (Å²) in [6, 6.07) is 6.61. The van der Waals surface area contributed by atoms with Gasteiger partial charge in [-0.3, -0.25) is 4.79 Å². The van der Waals surface area contributed by atoms with Gasteiger partial charge in [0.05, 0.1) is 18.2 Å². The molecule has 1 amide bonds. The molecule has 1 fully saturated rings. The molecule has 2 N–H and O–H groups in total. The lowest BCUT2D eigenvalue weighted by atomic mass is 9.94. The van der Waals surface area contributed by atoms with Gasteiger partial charge in [-0.15, -0.1) is 0 Å². The van der Waals surface area contributed by atoms with Gasteiger partial charge in [-0.25, -0.2) is 4.79 Å². The monoisotopic (exact) mass is 290 g/mol. The van der Waals surface area contributed by atoms with E-state index < -0.39 is 0 Å². The number of carbonyl (C=O) groups is 2. The molecule has 1 aliphatic heterocycles. The Kier molecular flexibility index (Phi) is 5.33. The highest BCUT2D eigenvalue weighted by molar-refractivity contribution is 5.96. The van der Waals surface area contributed by atoms with Gasteiger partial charge in [-0.1, -0.05) is 6.92 Å². The Balaban J connectivity index is 1.93. The Labute approximate surface area is 125 Å². The van der Waals surface area contributed by atoms with Gasteiger partial charge >= 0.3 is 5.97 Å². The fourth-order valence-electron chi connectivity index (χ4n) is 2.44. The molecule has 114 valence electrons. The second-order valence-electron chi connectivity index (χ2n) is 5.42. The van der Waals surface area contributed by atoms with E-state index in [2.05, 4.69) is 17.6 Å². The van der Waals surface area contributed by atoms with Gasteiger partial charge in [0.25, 0.3) is 0 Å². The van der Waals surface area contributed by atoms with Crippen LogP contribution < -0.4 is 10.6 Å². The molecule has 2 rings (SSSR count). The summed E-state index contributed by atoms with van der Waals surface area (Å²) in [4.78, 5) is 23.7. The Morgan fingerprint density at radius 2 is 2.05 bits per heavy atom. The molecule has 0 spiro atoms. The summed E-state index contributed by atoms with van der Waals surface area (Å²) >= 11 is 0. The van der Waals surface area contributed by atoms with Crippen molar-refractivity contribution in [2.24, 2.45) is 5.92 Å². The first kappa shape index (κ1) is 15.5. The maximum absolute atomic E-state index is 12.2. The highest BCUT2D eigenvalue weighted by atomic mass is 16.5. The number of benzene rings is 1. The van der Waals surface area contributed by atoms with Crippen molar-refractivity contribution in [2.75, 3.05) is 18.5 Å². The minimum Gasteiger partial charge on any atom is -0.462 e. The third-order valence-corrected chi connectivity index (χ3v) is 3.65. The molecule has 0 saturated carbocycles. The van der Waals surface area contributed by atoms with Crippen molar-refractivity contribution < 1.29 is 14.3 Å². The van der Waals surface area contributed by atoms with Crippen molar-refractivity contribution in [2.45, 2.75) is 32.7 Å². The largest absolute Gasteiger partial charge is 0.462 e. The van der Waals surface area contributed by atoms with Crippen LogP contribution in [0.4, 0.5) is 5.69 Å². The van der Waals surface area contributed by atoms with Crippen LogP contribution in [0.2, 0.25) is 0 Å². The van der Waals surface area contributed by atoms with E-state index in [0.717, 1.165) is 19.4 Å². The first-order chi connectivity index (χ1) is 10.1. The van der Waals surface area contributed by atoms with E-state index >= 15 is 0 Å². The van der Waals surface area contributed by atoms with Crippen molar-refractivity contribution in [1.82, 2.24) is 5.32 Å². The fraction of sp³-hybridized carbons (Fsp3) is 0.500. The molecule has 1 aromatic carbocycles. The number of carbonyl (C=O) groups excluding carboxylic acids is 2. The van der Waals surface area contributed by atoms with Crippen LogP contribution in [0.3, 0.4) is 0 Å². The first-order valence-electron chi connectivity index (χ1n) is 7.41. The van der Waals surface area contributed by atoms with Crippen LogP contribution in [0.5, 0.6) is 0 Å². The molecular weight excluding hydrogens is 268 g/mol. The van der Waals surface area contributed by atoms with Crippen LogP contribution in [0.1, 0.15) is 37.0 Å². The fourth-order valence-corrected chi connectivity index (χ4v) is 2.44. The average Bonchev–Trinajstić information content (AvgIpc) is 2.48. The number of nitrogens with one attached hydrogen (secondary N) is 2. The molecule has 5 heteroatoms. The van der Waals surface area contributed by atoms with E-state index in [-0.39, 0.29) is 17.9 Å². The summed E-state index contributed by atoms with van der Waals surface area (Å²) in [5.41, 5.74) is 1.17. The average molecular weight is 290 g/mol. The second kappa shape index (κ2) is 7.22. The molecule has 1 saturated heterocycles. The van der Waals surface area contributed by atoms with Crippen LogP contribution in [0.15, 0.2) is 24.3 Å². The molecule has 1 aliphatic rings. The van der Waals surface area contributed by atoms with Crippen molar-refractivity contribution in [3.63, 3.8) is 0 Å². The van der Waals surface area contributed by atoms with E-state index in [0.29, 0.717) is 23.8 Å². The zero-order valence-electron chi connectivity index (χ0n) is 12.5. The molecule has 1 heterocycles. The molecule has 2 unspecified atom stereocenters. The van der Waals surface area contributed by atoms with Crippen LogP contribution in [0, 0.1) is 5.92 Å². The van der Waals surface area contributed by atoms with E-state index in [1.54, 1.807) is 31.2 Å². The van der Waals surface area contributed by atoms with E-state index in [9.17, 15) is 9.59 Å². The summed E-state index contributed by atoms with van der Waals surface area (Å²) in [6.07, 6.45) is 1.96. The highest BCUT2D eigenvalue weighted by Crippen LogP contribution is 2.17. The summed E-state index contributed by atoms with van der Waals surface area (Å²) in [7, 11) is 0. The molecular formula is C16H22N2O3. The Morgan fingerprint density at radius 1 is 1.33 bits per heavy atom.